The van der Waals surface area contributed by atoms with Crippen LogP contribution in [0.4, 0.5) is 5.82 Å². The van der Waals surface area contributed by atoms with Crippen molar-refractivity contribution in [3.8, 4) is 0 Å². The number of hydrogen-bond acceptors (Lipinski definition) is 4. The highest BCUT2D eigenvalue weighted by Crippen LogP contribution is 2.45. The molecule has 2 heterocycles. The second kappa shape index (κ2) is 6.02. The van der Waals surface area contributed by atoms with Gasteiger partial charge in [-0.25, -0.2) is 14.8 Å². The monoisotopic (exact) mass is 359 g/mol. The summed E-state index contributed by atoms with van der Waals surface area (Å²) >= 11 is 0. The molecule has 2 aromatic heterocycles. The van der Waals surface area contributed by atoms with Crippen LogP contribution in [-0.2, 0) is 6.54 Å². The predicted molar refractivity (Wildman–Crippen MR) is 101 cm³/mol. The van der Waals surface area contributed by atoms with Crippen molar-refractivity contribution in [1.29, 1.82) is 0 Å². The van der Waals surface area contributed by atoms with Gasteiger partial charge in [-0.2, -0.15) is 0 Å². The lowest BCUT2D eigenvalue weighted by Crippen LogP contribution is -2.26. The van der Waals surface area contributed by atoms with Gasteiger partial charge in [-0.15, -0.1) is 12.4 Å². The smallest absolute Gasteiger partial charge is 0.326 e. The molecule has 3 unspecified atom stereocenters. The summed E-state index contributed by atoms with van der Waals surface area (Å²) in [5.41, 5.74) is 2.56. The number of fused-ring (bicyclic) bond motifs is 4. The Bertz CT molecular complexity index is 994. The third kappa shape index (κ3) is 2.51. The van der Waals surface area contributed by atoms with Crippen molar-refractivity contribution in [2.24, 2.45) is 11.8 Å². The van der Waals surface area contributed by atoms with Crippen LogP contribution in [0.25, 0.3) is 21.9 Å². The van der Waals surface area contributed by atoms with E-state index < -0.39 is 0 Å². The summed E-state index contributed by atoms with van der Waals surface area (Å²) in [6.07, 6.45) is 6.95. The molecule has 0 saturated heterocycles. The van der Waals surface area contributed by atoms with Crippen LogP contribution >= 0.6 is 12.4 Å². The first-order valence-electron chi connectivity index (χ1n) is 8.86. The fraction of sp³-hybridized carbons (Fsp3) is 0.500. The SMILES string of the molecule is CCn1c(=O)[nH]c2cc3c(NC4CC5CCC4C5)ncnc3cc21.Cl. The molecule has 2 aliphatic rings. The first kappa shape index (κ1) is 16.4. The van der Waals surface area contributed by atoms with E-state index in [4.69, 9.17) is 0 Å². The van der Waals surface area contributed by atoms with Crippen LogP contribution in [0.3, 0.4) is 0 Å². The van der Waals surface area contributed by atoms with Crippen LogP contribution in [0.15, 0.2) is 23.3 Å². The first-order valence-corrected chi connectivity index (χ1v) is 8.86. The van der Waals surface area contributed by atoms with Crippen molar-refractivity contribution in [2.45, 2.75) is 45.2 Å². The van der Waals surface area contributed by atoms with E-state index in [1.54, 1.807) is 10.9 Å². The zero-order valence-electron chi connectivity index (χ0n) is 14.2. The summed E-state index contributed by atoms with van der Waals surface area (Å²) in [7, 11) is 0. The number of H-pyrrole nitrogens is 1. The van der Waals surface area contributed by atoms with E-state index in [0.29, 0.717) is 12.6 Å². The van der Waals surface area contributed by atoms with Gasteiger partial charge in [0.15, 0.2) is 0 Å². The molecule has 1 aromatic carbocycles. The summed E-state index contributed by atoms with van der Waals surface area (Å²) in [4.78, 5) is 23.9. The fourth-order valence-electron chi connectivity index (χ4n) is 4.73. The molecule has 0 amide bonds. The zero-order chi connectivity index (χ0) is 16.3. The van der Waals surface area contributed by atoms with Gasteiger partial charge in [-0.05, 0) is 50.2 Å². The lowest BCUT2D eigenvalue weighted by molar-refractivity contribution is 0.439. The molecule has 132 valence electrons. The molecule has 6 nitrogen and oxygen atoms in total. The molecule has 0 spiro atoms. The number of hydrogen-bond donors (Lipinski definition) is 2. The van der Waals surface area contributed by atoms with Gasteiger partial charge in [-0.1, -0.05) is 6.42 Å². The lowest BCUT2D eigenvalue weighted by atomic mass is 9.95. The first-order chi connectivity index (χ1) is 11.7. The van der Waals surface area contributed by atoms with Crippen molar-refractivity contribution in [3.05, 3.63) is 28.9 Å². The topological polar surface area (TPSA) is 75.6 Å². The van der Waals surface area contributed by atoms with Gasteiger partial charge >= 0.3 is 5.69 Å². The summed E-state index contributed by atoms with van der Waals surface area (Å²) in [6.45, 7) is 2.62. The van der Waals surface area contributed by atoms with Crippen molar-refractivity contribution in [3.63, 3.8) is 0 Å². The molecule has 0 radical (unpaired) electrons. The molecule has 2 aliphatic carbocycles. The molecule has 2 saturated carbocycles. The summed E-state index contributed by atoms with van der Waals surface area (Å²) < 4.78 is 1.74. The number of halogens is 1. The summed E-state index contributed by atoms with van der Waals surface area (Å²) in [5, 5.41) is 4.65. The maximum Gasteiger partial charge on any atom is 0.326 e. The standard InChI is InChI=1S/C18H21N5O.ClH/c1-2-23-16-8-14-12(7-15(16)22-18(23)24)17(20-9-19-14)21-13-6-10-3-4-11(13)5-10;/h7-11,13H,2-6H2,1H3,(H,22,24)(H,19,20,21);1H. The Hall–Kier alpha value is -2.08. The number of benzene rings is 1. The minimum absolute atomic E-state index is 0. The lowest BCUT2D eigenvalue weighted by Gasteiger charge is -2.23. The van der Waals surface area contributed by atoms with E-state index in [0.717, 1.165) is 39.6 Å². The number of imidazole rings is 1. The van der Waals surface area contributed by atoms with Crippen molar-refractivity contribution < 1.29 is 0 Å². The average Bonchev–Trinajstić information content (AvgIpc) is 3.26. The normalized spacial score (nSPS) is 24.8. The van der Waals surface area contributed by atoms with Crippen LogP contribution in [-0.4, -0.2) is 25.6 Å². The van der Waals surface area contributed by atoms with Gasteiger partial charge in [-0.3, -0.25) is 4.57 Å². The second-order valence-corrected chi connectivity index (χ2v) is 7.21. The third-order valence-electron chi connectivity index (χ3n) is 5.91. The highest BCUT2D eigenvalue weighted by Gasteiger charge is 2.39. The van der Waals surface area contributed by atoms with Crippen LogP contribution in [0.5, 0.6) is 0 Å². The van der Waals surface area contributed by atoms with E-state index in [-0.39, 0.29) is 18.1 Å². The van der Waals surface area contributed by atoms with E-state index in [2.05, 4.69) is 20.3 Å². The van der Waals surface area contributed by atoms with Gasteiger partial charge in [0.05, 0.1) is 16.6 Å². The van der Waals surface area contributed by atoms with Gasteiger partial charge in [0, 0.05) is 18.0 Å². The Kier molecular flexibility index (Phi) is 3.95. The molecule has 25 heavy (non-hydrogen) atoms. The van der Waals surface area contributed by atoms with Gasteiger partial charge in [0.2, 0.25) is 0 Å². The summed E-state index contributed by atoms with van der Waals surface area (Å²) in [6, 6.07) is 4.52. The predicted octanol–water partition coefficient (Wildman–Crippen LogP) is 3.32. The van der Waals surface area contributed by atoms with Crippen molar-refractivity contribution in [2.75, 3.05) is 5.32 Å². The van der Waals surface area contributed by atoms with E-state index >= 15 is 0 Å². The Morgan fingerprint density at radius 1 is 1.28 bits per heavy atom. The maximum atomic E-state index is 12.1. The maximum absolute atomic E-state index is 12.1. The molecular weight excluding hydrogens is 338 g/mol. The molecule has 0 aliphatic heterocycles. The molecule has 3 aromatic rings. The van der Waals surface area contributed by atoms with Gasteiger partial charge in [0.25, 0.3) is 0 Å². The minimum atomic E-state index is -0.0709. The van der Waals surface area contributed by atoms with E-state index in [1.165, 1.54) is 25.7 Å². The second-order valence-electron chi connectivity index (χ2n) is 7.21. The summed E-state index contributed by atoms with van der Waals surface area (Å²) in [5.74, 6) is 2.57. The highest BCUT2D eigenvalue weighted by atomic mass is 35.5. The number of rotatable bonds is 3. The quantitative estimate of drug-likeness (QED) is 0.752. The number of aryl methyl sites for hydroxylation is 1. The van der Waals surface area contributed by atoms with Crippen molar-refractivity contribution >= 4 is 40.2 Å². The van der Waals surface area contributed by atoms with Gasteiger partial charge < -0.3 is 10.3 Å². The molecule has 2 fully saturated rings. The Labute approximate surface area is 151 Å². The molecule has 3 atom stereocenters. The van der Waals surface area contributed by atoms with E-state index in [9.17, 15) is 4.79 Å². The number of anilines is 1. The van der Waals surface area contributed by atoms with Crippen molar-refractivity contribution in [1.82, 2.24) is 19.5 Å². The fourth-order valence-corrected chi connectivity index (χ4v) is 4.73. The Balaban J connectivity index is 0.00000157. The van der Waals surface area contributed by atoms with Crippen LogP contribution in [0.2, 0.25) is 0 Å². The number of nitrogens with one attached hydrogen (secondary N) is 2. The number of aromatic amines is 1. The van der Waals surface area contributed by atoms with Crippen LogP contribution in [0.1, 0.15) is 32.6 Å². The molecule has 5 rings (SSSR count). The minimum Gasteiger partial charge on any atom is -0.366 e. The molecule has 7 heteroatoms. The number of aromatic nitrogens is 4. The highest BCUT2D eigenvalue weighted by molar-refractivity contribution is 5.98. The third-order valence-corrected chi connectivity index (χ3v) is 5.91. The van der Waals surface area contributed by atoms with Gasteiger partial charge in [0.1, 0.15) is 12.1 Å². The number of nitrogens with zero attached hydrogens (tertiary/aromatic N) is 3. The largest absolute Gasteiger partial charge is 0.366 e. The van der Waals surface area contributed by atoms with Crippen LogP contribution < -0.4 is 11.0 Å². The molecular formula is C18H22ClN5O. The van der Waals surface area contributed by atoms with E-state index in [1.807, 2.05) is 19.1 Å². The Morgan fingerprint density at radius 2 is 2.16 bits per heavy atom. The van der Waals surface area contributed by atoms with Crippen LogP contribution in [0, 0.1) is 11.8 Å². The average molecular weight is 360 g/mol. The molecule has 2 N–H and O–H groups in total. The Morgan fingerprint density at radius 3 is 2.88 bits per heavy atom. The molecule has 2 bridgehead atoms. The zero-order valence-corrected chi connectivity index (χ0v) is 15.0.